The van der Waals surface area contributed by atoms with Gasteiger partial charge in [0.1, 0.15) is 11.9 Å². The Morgan fingerprint density at radius 1 is 1.13 bits per heavy atom. The largest absolute Gasteiger partial charge is 0.497 e. The molecular weight excluding hydrogens is 404 g/mol. The van der Waals surface area contributed by atoms with Crippen LogP contribution in [0.3, 0.4) is 0 Å². The van der Waals surface area contributed by atoms with Crippen LogP contribution in [0.2, 0.25) is 5.02 Å². The van der Waals surface area contributed by atoms with Gasteiger partial charge >= 0.3 is 6.09 Å². The summed E-state index contributed by atoms with van der Waals surface area (Å²) in [6, 6.07) is 14.9. The first-order valence-electron chi connectivity index (χ1n) is 10.3. The number of likely N-dealkylation sites (tertiary alicyclic amines) is 1. The fourth-order valence-electron chi connectivity index (χ4n) is 4.17. The van der Waals surface area contributed by atoms with Gasteiger partial charge in [-0.05, 0) is 61.2 Å². The summed E-state index contributed by atoms with van der Waals surface area (Å²) >= 11 is 5.93. The van der Waals surface area contributed by atoms with Crippen LogP contribution in [0, 0.1) is 0 Å². The molecule has 6 nitrogen and oxygen atoms in total. The van der Waals surface area contributed by atoms with Gasteiger partial charge in [0.15, 0.2) is 0 Å². The molecular formula is C23H27ClN2O4. The fourth-order valence-corrected chi connectivity index (χ4v) is 4.29. The van der Waals surface area contributed by atoms with E-state index < -0.39 is 5.60 Å². The molecule has 0 bridgehead atoms. The van der Waals surface area contributed by atoms with Crippen molar-refractivity contribution in [3.63, 3.8) is 0 Å². The zero-order valence-electron chi connectivity index (χ0n) is 17.1. The summed E-state index contributed by atoms with van der Waals surface area (Å²) in [5, 5.41) is 11.7. The maximum absolute atomic E-state index is 12.2. The van der Waals surface area contributed by atoms with Crippen molar-refractivity contribution in [3.8, 4) is 5.75 Å². The number of nitrogens with zero attached hydrogens (tertiary/aromatic N) is 2. The number of ether oxygens (including phenoxy) is 2. The molecule has 2 aromatic rings. The summed E-state index contributed by atoms with van der Waals surface area (Å²) < 4.78 is 10.7. The Kier molecular flexibility index (Phi) is 6.18. The SMILES string of the molecule is COc1ccc(C2(O)CCN(CCC3CN(c4ccc(Cl)cc4)C(=O)O3)CC2)cc1. The second-order valence-electron chi connectivity index (χ2n) is 7.98. The number of methoxy groups -OCH3 is 1. The second kappa shape index (κ2) is 8.84. The van der Waals surface area contributed by atoms with Crippen LogP contribution in [-0.4, -0.2) is 55.5 Å². The van der Waals surface area contributed by atoms with Crippen molar-refractivity contribution in [1.82, 2.24) is 4.90 Å². The number of hydrogen-bond acceptors (Lipinski definition) is 5. The van der Waals surface area contributed by atoms with Gasteiger partial charge in [0, 0.05) is 30.3 Å². The predicted octanol–water partition coefficient (Wildman–Crippen LogP) is 4.05. The van der Waals surface area contributed by atoms with Crippen LogP contribution in [0.5, 0.6) is 5.75 Å². The average molecular weight is 431 g/mol. The molecule has 2 saturated heterocycles. The van der Waals surface area contributed by atoms with Crippen molar-refractivity contribution in [2.45, 2.75) is 31.0 Å². The molecule has 0 aliphatic carbocycles. The van der Waals surface area contributed by atoms with Gasteiger partial charge in [-0.15, -0.1) is 0 Å². The zero-order valence-corrected chi connectivity index (χ0v) is 17.8. The fraction of sp³-hybridized carbons (Fsp3) is 0.435. The molecule has 0 spiro atoms. The highest BCUT2D eigenvalue weighted by Crippen LogP contribution is 2.34. The normalized spacial score (nSPS) is 21.5. The maximum Gasteiger partial charge on any atom is 0.414 e. The lowest BCUT2D eigenvalue weighted by molar-refractivity contribution is -0.0275. The summed E-state index contributed by atoms with van der Waals surface area (Å²) in [6.07, 6.45) is 1.70. The number of carbonyl (C=O) groups excluding carboxylic acids is 1. The van der Waals surface area contributed by atoms with E-state index in [9.17, 15) is 9.90 Å². The van der Waals surface area contributed by atoms with Crippen LogP contribution < -0.4 is 9.64 Å². The Labute approximate surface area is 181 Å². The van der Waals surface area contributed by atoms with Crippen LogP contribution in [0.25, 0.3) is 0 Å². The Balaban J connectivity index is 1.26. The molecule has 7 heteroatoms. The number of hydrogen-bond donors (Lipinski definition) is 1. The Morgan fingerprint density at radius 3 is 2.43 bits per heavy atom. The molecule has 0 saturated carbocycles. The van der Waals surface area contributed by atoms with E-state index in [4.69, 9.17) is 21.1 Å². The Bertz CT molecular complexity index is 864. The highest BCUT2D eigenvalue weighted by molar-refractivity contribution is 6.30. The minimum Gasteiger partial charge on any atom is -0.497 e. The summed E-state index contributed by atoms with van der Waals surface area (Å²) in [5.41, 5.74) is 0.939. The molecule has 2 fully saturated rings. The van der Waals surface area contributed by atoms with E-state index >= 15 is 0 Å². The lowest BCUT2D eigenvalue weighted by atomic mass is 9.84. The van der Waals surface area contributed by atoms with Crippen LogP contribution in [-0.2, 0) is 10.3 Å². The standard InChI is InChI=1S/C23H27ClN2O4/c1-29-20-8-2-17(3-9-20)23(28)11-14-25(15-12-23)13-10-21-16-26(22(27)30-21)19-6-4-18(24)5-7-19/h2-9,21,28H,10-16H2,1H3. The lowest BCUT2D eigenvalue weighted by Crippen LogP contribution is -2.43. The first-order chi connectivity index (χ1) is 14.5. The van der Waals surface area contributed by atoms with Gasteiger partial charge in [0.2, 0.25) is 0 Å². The highest BCUT2D eigenvalue weighted by Gasteiger charge is 2.36. The number of amides is 1. The molecule has 1 amide bonds. The van der Waals surface area contributed by atoms with Gasteiger partial charge in [-0.2, -0.15) is 0 Å². The lowest BCUT2D eigenvalue weighted by Gasteiger charge is -2.38. The van der Waals surface area contributed by atoms with E-state index in [2.05, 4.69) is 4.90 Å². The molecule has 160 valence electrons. The third-order valence-corrected chi connectivity index (χ3v) is 6.34. The van der Waals surface area contributed by atoms with Crippen LogP contribution in [0.15, 0.2) is 48.5 Å². The summed E-state index contributed by atoms with van der Waals surface area (Å²) in [6.45, 7) is 3.00. The van der Waals surface area contributed by atoms with E-state index in [0.717, 1.165) is 43.1 Å². The minimum absolute atomic E-state index is 0.129. The number of rotatable bonds is 6. The first kappa shape index (κ1) is 21.0. The second-order valence-corrected chi connectivity index (χ2v) is 8.42. The number of anilines is 1. The molecule has 1 N–H and O–H groups in total. The number of piperidine rings is 1. The van der Waals surface area contributed by atoms with E-state index in [1.54, 1.807) is 24.1 Å². The maximum atomic E-state index is 12.2. The molecule has 0 aromatic heterocycles. The van der Waals surface area contributed by atoms with Gasteiger partial charge in [0.25, 0.3) is 0 Å². The quantitative estimate of drug-likeness (QED) is 0.749. The monoisotopic (exact) mass is 430 g/mol. The zero-order chi connectivity index (χ0) is 21.1. The van der Waals surface area contributed by atoms with E-state index in [1.807, 2.05) is 36.4 Å². The molecule has 2 aliphatic rings. The van der Waals surface area contributed by atoms with Crippen LogP contribution in [0.1, 0.15) is 24.8 Å². The molecule has 2 aromatic carbocycles. The predicted molar refractivity (Wildman–Crippen MR) is 116 cm³/mol. The van der Waals surface area contributed by atoms with Crippen molar-refractivity contribution in [2.75, 3.05) is 38.2 Å². The summed E-state index contributed by atoms with van der Waals surface area (Å²) in [5.74, 6) is 0.790. The molecule has 30 heavy (non-hydrogen) atoms. The van der Waals surface area contributed by atoms with Crippen molar-refractivity contribution >= 4 is 23.4 Å². The third-order valence-electron chi connectivity index (χ3n) is 6.09. The number of benzene rings is 2. The van der Waals surface area contributed by atoms with Gasteiger partial charge in [-0.3, -0.25) is 4.90 Å². The Hall–Kier alpha value is -2.28. The first-order valence-corrected chi connectivity index (χ1v) is 10.7. The minimum atomic E-state index is -0.798. The van der Waals surface area contributed by atoms with E-state index in [-0.39, 0.29) is 12.2 Å². The van der Waals surface area contributed by atoms with Gasteiger partial charge in [-0.1, -0.05) is 23.7 Å². The smallest absolute Gasteiger partial charge is 0.414 e. The number of aliphatic hydroxyl groups is 1. The van der Waals surface area contributed by atoms with Crippen molar-refractivity contribution < 1.29 is 19.4 Å². The van der Waals surface area contributed by atoms with Crippen molar-refractivity contribution in [1.29, 1.82) is 0 Å². The van der Waals surface area contributed by atoms with Gasteiger partial charge in [0.05, 0.1) is 19.3 Å². The highest BCUT2D eigenvalue weighted by atomic mass is 35.5. The summed E-state index contributed by atoms with van der Waals surface area (Å²) in [4.78, 5) is 16.2. The molecule has 0 radical (unpaired) electrons. The Morgan fingerprint density at radius 2 is 1.80 bits per heavy atom. The molecule has 2 aliphatic heterocycles. The molecule has 4 rings (SSSR count). The van der Waals surface area contributed by atoms with Gasteiger partial charge in [-0.25, -0.2) is 4.79 Å². The van der Waals surface area contributed by atoms with Crippen molar-refractivity contribution in [3.05, 3.63) is 59.1 Å². The molecule has 1 atom stereocenters. The number of carbonyl (C=O) groups is 1. The van der Waals surface area contributed by atoms with Crippen LogP contribution >= 0.6 is 11.6 Å². The van der Waals surface area contributed by atoms with Crippen molar-refractivity contribution in [2.24, 2.45) is 0 Å². The van der Waals surface area contributed by atoms with Gasteiger partial charge < -0.3 is 19.5 Å². The third kappa shape index (κ3) is 4.56. The topological polar surface area (TPSA) is 62.2 Å². The number of halogens is 1. The summed E-state index contributed by atoms with van der Waals surface area (Å²) in [7, 11) is 1.64. The molecule has 2 heterocycles. The van der Waals surface area contributed by atoms with Crippen LogP contribution in [0.4, 0.5) is 10.5 Å². The molecule has 1 unspecified atom stereocenters. The average Bonchev–Trinajstić information content (AvgIpc) is 3.14. The van der Waals surface area contributed by atoms with E-state index in [0.29, 0.717) is 24.4 Å². The number of cyclic esters (lactones) is 1. The van der Waals surface area contributed by atoms with E-state index in [1.165, 1.54) is 0 Å².